The molecule has 0 unspecified atom stereocenters. The molecule has 470 valence electrons. The molecular weight excluding hydrogens is 1450 g/mol. The number of nitrogens with zero attached hydrogens (tertiary/aromatic N) is 12. The number of benzene rings is 2. The summed E-state index contributed by atoms with van der Waals surface area (Å²) in [4.78, 5) is 86.3. The Hall–Kier alpha value is -11.1. The Morgan fingerprint density at radius 1 is 0.362 bits per heavy atom. The number of thiocarbonyl (C=S) groups is 4. The fraction of sp³-hybridized carbons (Fsp3) is 0.0152. The maximum atomic E-state index is 10.8. The van der Waals surface area contributed by atoms with Gasteiger partial charge < -0.3 is 46.4 Å². The third-order valence-corrected chi connectivity index (χ3v) is 10.9. The molecular formula is C66H46N12O10Ru2S4. The van der Waals surface area contributed by atoms with Crippen molar-refractivity contribution in [3.05, 3.63) is 273 Å². The van der Waals surface area contributed by atoms with Crippen molar-refractivity contribution < 1.29 is 87.7 Å². The molecule has 2 aromatic carbocycles. The molecule has 0 atom stereocenters. The third-order valence-electron chi connectivity index (χ3n) is 10.9. The van der Waals surface area contributed by atoms with E-state index in [1.54, 1.807) is 6.20 Å². The second kappa shape index (κ2) is 47.8. The van der Waals surface area contributed by atoms with Crippen LogP contribution in [0, 0.1) is 6.92 Å². The van der Waals surface area contributed by atoms with E-state index in [4.69, 9.17) is 37.0 Å². The summed E-state index contributed by atoms with van der Waals surface area (Å²) in [6.07, 6.45) is 20.9. The summed E-state index contributed by atoms with van der Waals surface area (Å²) in [6, 6.07) is 47.0. The number of carbonyl (C=O) groups is 5. The Kier molecular flexibility index (Phi) is 41.2. The summed E-state index contributed by atoms with van der Waals surface area (Å²) in [6.45, 7) is 2.56. The normalized spacial score (nSPS) is 9.16. The van der Waals surface area contributed by atoms with Crippen LogP contribution in [0.25, 0.3) is 91.5 Å². The van der Waals surface area contributed by atoms with Crippen molar-refractivity contribution in [1.82, 2.24) is 39.9 Å². The van der Waals surface area contributed by atoms with Gasteiger partial charge in [0, 0.05) is 61.7 Å². The van der Waals surface area contributed by atoms with Gasteiger partial charge in [0.1, 0.15) is 11.5 Å². The topological polar surface area (TPSA) is 357 Å². The predicted molar refractivity (Wildman–Crippen MR) is 363 cm³/mol. The van der Waals surface area contributed by atoms with Gasteiger partial charge in [0.05, 0.1) is 62.2 Å². The van der Waals surface area contributed by atoms with Crippen molar-refractivity contribution in [2.45, 2.75) is 6.92 Å². The minimum Gasteiger partial charge on any atom is -0.753 e. The van der Waals surface area contributed by atoms with Gasteiger partial charge in [0.25, 0.3) is 12.9 Å². The molecule has 3 N–H and O–H groups in total. The van der Waals surface area contributed by atoms with E-state index in [9.17, 15) is 24.0 Å². The molecule has 0 saturated carbocycles. The number of carboxylic acids is 3. The number of carboxylic acid groups (broad SMARTS) is 3. The Morgan fingerprint density at radius 3 is 0.894 bits per heavy atom. The number of isothiocyanates is 4. The van der Waals surface area contributed by atoms with Crippen molar-refractivity contribution in [2.75, 3.05) is 0 Å². The van der Waals surface area contributed by atoms with Crippen LogP contribution in [-0.4, -0.2) is 107 Å². The second-order valence-electron chi connectivity index (χ2n) is 16.9. The van der Waals surface area contributed by atoms with Gasteiger partial charge >= 0.3 is 56.9 Å². The average Bonchev–Trinajstić information content (AvgIpc) is 0.980. The van der Waals surface area contributed by atoms with E-state index in [1.165, 1.54) is 123 Å². The van der Waals surface area contributed by atoms with Crippen molar-refractivity contribution >= 4 is 125 Å². The van der Waals surface area contributed by atoms with E-state index < -0.39 is 17.9 Å². The van der Waals surface area contributed by atoms with Crippen LogP contribution in [0.5, 0.6) is 11.5 Å². The Bertz CT molecular complexity index is 4020. The molecule has 22 nitrogen and oxygen atoms in total. The smallest absolute Gasteiger partial charge is 0.753 e. The third kappa shape index (κ3) is 31.1. The molecule has 0 fully saturated rings. The predicted octanol–water partition coefficient (Wildman–Crippen LogP) is 14.0. The molecule has 28 heteroatoms. The number of hydrogen-bond donors (Lipinski definition) is 3. The molecule has 0 aliphatic rings. The molecule has 0 bridgehead atoms. The van der Waals surface area contributed by atoms with E-state index in [2.05, 4.69) is 159 Å². The van der Waals surface area contributed by atoms with Gasteiger partial charge in [-0.3, -0.25) is 49.5 Å². The maximum absolute atomic E-state index is 10.8. The molecule has 10 aromatic rings. The summed E-state index contributed by atoms with van der Waals surface area (Å²) in [7, 11) is 0. The van der Waals surface area contributed by atoms with Crippen LogP contribution < -0.4 is 9.47 Å². The zero-order valence-corrected chi connectivity index (χ0v) is 55.2. The number of hydrogen-bond acceptors (Lipinski definition) is 19. The van der Waals surface area contributed by atoms with Gasteiger partial charge in [0.2, 0.25) is 0 Å². The number of rotatable bonds is 15. The van der Waals surface area contributed by atoms with Crippen LogP contribution in [-0.2, 0) is 48.5 Å². The van der Waals surface area contributed by atoms with E-state index in [0.717, 1.165) is 28.1 Å². The fourth-order valence-electron chi connectivity index (χ4n) is 7.04. The van der Waals surface area contributed by atoms with E-state index in [1.807, 2.05) is 80.0 Å². The quantitative estimate of drug-likeness (QED) is 0.0371. The first-order valence-corrected chi connectivity index (χ1v) is 27.3. The number of pyridine rings is 8. The Morgan fingerprint density at radius 2 is 0.606 bits per heavy atom. The molecule has 8 heterocycles. The van der Waals surface area contributed by atoms with Crippen molar-refractivity contribution in [2.24, 2.45) is 0 Å². The first-order valence-electron chi connectivity index (χ1n) is 25.7. The zero-order chi connectivity index (χ0) is 67.3. The molecule has 0 radical (unpaired) electrons. The van der Waals surface area contributed by atoms with E-state index in [-0.39, 0.29) is 55.6 Å². The van der Waals surface area contributed by atoms with Crippen molar-refractivity contribution in [1.29, 1.82) is 0 Å². The maximum Gasteiger partial charge on any atom is 2.00 e. The van der Waals surface area contributed by atoms with Crippen molar-refractivity contribution in [3.8, 4) is 57.1 Å². The van der Waals surface area contributed by atoms with Gasteiger partial charge in [-0.1, -0.05) is 134 Å². The summed E-state index contributed by atoms with van der Waals surface area (Å²) in [5, 5.41) is 60.5. The number of aromatic nitrogens is 8. The van der Waals surface area contributed by atoms with Crippen LogP contribution in [0.1, 0.15) is 58.9 Å². The minimum atomic E-state index is -1.04. The molecule has 0 saturated heterocycles. The largest absolute Gasteiger partial charge is 2.00 e. The first kappa shape index (κ1) is 80.9. The Balaban J connectivity index is 0.000000600. The number of carbonyl (C=O) groups excluding carboxylic acids is 2. The molecule has 0 spiro atoms. The fourth-order valence-corrected chi connectivity index (χ4v) is 7.04. The van der Waals surface area contributed by atoms with E-state index >= 15 is 0 Å². The number of aryl methyl sites for hydroxylation is 1. The summed E-state index contributed by atoms with van der Waals surface area (Å²) >= 11 is 14.8. The van der Waals surface area contributed by atoms with Crippen molar-refractivity contribution in [3.63, 3.8) is 0 Å². The molecule has 94 heavy (non-hydrogen) atoms. The SMILES string of the molecule is C(=C\c1ccnc(-c2cc(/C=C/c3ccccc3)ccn2)c1)/c1ccccc1.Cc1ccnc(-c2cc(C(=O)O)ccn2)c1.O=COc1ccnc(-c2cc(C(=O)O)ccn2)c1.O=COc1ccnc(-c2cc(C(=O)O)ccn2)c1.[N-]=C=S.[N-]=C=S.[N-]=C=S.[N-]=C=S.[Ru+2].[Ru+2]. The average molecular weight is 1500 g/mol. The Labute approximate surface area is 585 Å². The molecule has 0 aliphatic carbocycles. The molecule has 10 rings (SSSR count). The standard InChI is InChI=1S/C26H20N2.2C12H8N2O4.C12H10N2O2.4CNS.2Ru/c1-3-7-21(8-4-1)11-13-23-15-17-27-25(19-23)26-20-24(16-18-28-26)14-12-22-9-5-2-6-10-22;2*15-7-18-9-2-4-14-11(6-9)10-5-8(12(16)17)1-3-13-10;1-8-2-4-13-10(6-8)11-7-9(12(15)16)3-5-14-11;4*2-1-3;;/h1-20H;2*1-7H,(H,16,17);2-7H,1H3,(H,15,16);;;;;;/q;;;;4*-1;2*+2/b13-11+,14-12+;;;;;;;;;. The van der Waals surface area contributed by atoms with Crippen LogP contribution in [0.4, 0.5) is 0 Å². The zero-order valence-electron chi connectivity index (χ0n) is 48.5. The number of aromatic carboxylic acids is 3. The van der Waals surface area contributed by atoms with Gasteiger partial charge in [-0.25, -0.2) is 14.4 Å². The van der Waals surface area contributed by atoms with Crippen LogP contribution in [0.15, 0.2) is 207 Å². The van der Waals surface area contributed by atoms with Gasteiger partial charge in [-0.05, 0) is 120 Å². The van der Waals surface area contributed by atoms with Gasteiger partial charge in [0.15, 0.2) is 0 Å². The number of ether oxygens (including phenoxy) is 2. The van der Waals surface area contributed by atoms with Gasteiger partial charge in [-0.15, -0.1) is 0 Å². The molecule has 8 aromatic heterocycles. The molecule has 0 amide bonds. The summed E-state index contributed by atoms with van der Waals surface area (Å²) < 4.78 is 9.36. The monoisotopic (exact) mass is 1500 g/mol. The summed E-state index contributed by atoms with van der Waals surface area (Å²) in [5.74, 6) is -2.41. The van der Waals surface area contributed by atoms with Crippen LogP contribution in [0.3, 0.4) is 0 Å². The van der Waals surface area contributed by atoms with Gasteiger partial charge in [-0.2, -0.15) is 20.6 Å². The van der Waals surface area contributed by atoms with Crippen LogP contribution >= 0.6 is 48.9 Å². The minimum absolute atomic E-state index is 0. The van der Waals surface area contributed by atoms with E-state index in [0.29, 0.717) is 58.6 Å². The van der Waals surface area contributed by atoms with Crippen LogP contribution in [0.2, 0.25) is 0 Å². The first-order chi connectivity index (χ1) is 44.6. The summed E-state index contributed by atoms with van der Waals surface area (Å²) in [5.41, 5.74) is 10.7. The second-order valence-corrected chi connectivity index (χ2v) is 17.6. The molecule has 0 aliphatic heterocycles.